The maximum atomic E-state index is 11.0. The van der Waals surface area contributed by atoms with Crippen molar-refractivity contribution in [2.75, 3.05) is 0 Å². The van der Waals surface area contributed by atoms with E-state index in [1.54, 1.807) is 11.3 Å². The van der Waals surface area contributed by atoms with Crippen LogP contribution in [0.5, 0.6) is 0 Å². The lowest BCUT2D eigenvalue weighted by atomic mass is 9.98. The molecule has 0 aromatic carbocycles. The van der Waals surface area contributed by atoms with Crippen LogP contribution in [0.2, 0.25) is 0 Å². The zero-order valence-electron chi connectivity index (χ0n) is 7.16. The van der Waals surface area contributed by atoms with Gasteiger partial charge in [0.1, 0.15) is 0 Å². The van der Waals surface area contributed by atoms with E-state index in [0.29, 0.717) is 12.8 Å². The molecule has 0 amide bonds. The second kappa shape index (κ2) is 3.82. The van der Waals surface area contributed by atoms with Crippen molar-refractivity contribution in [3.63, 3.8) is 0 Å². The van der Waals surface area contributed by atoms with Crippen LogP contribution >= 0.6 is 27.3 Å². The Balaban J connectivity index is 2.18. The van der Waals surface area contributed by atoms with Crippen LogP contribution in [0.15, 0.2) is 15.9 Å². The molecule has 1 fully saturated rings. The summed E-state index contributed by atoms with van der Waals surface area (Å²) in [6, 6.07) is 3.86. The highest BCUT2D eigenvalue weighted by atomic mass is 79.9. The van der Waals surface area contributed by atoms with Gasteiger partial charge in [0.05, 0.1) is 16.6 Å². The van der Waals surface area contributed by atoms with E-state index >= 15 is 0 Å². The van der Waals surface area contributed by atoms with Gasteiger partial charge in [0.15, 0.2) is 0 Å². The van der Waals surface area contributed by atoms with Gasteiger partial charge in [-0.1, -0.05) is 0 Å². The molecule has 0 spiro atoms. The molecule has 5 heteroatoms. The molecule has 0 unspecified atom stereocenters. The third-order valence-electron chi connectivity index (χ3n) is 2.05. The van der Waals surface area contributed by atoms with Gasteiger partial charge >= 0.3 is 11.9 Å². The van der Waals surface area contributed by atoms with E-state index in [0.717, 1.165) is 8.66 Å². The summed E-state index contributed by atoms with van der Waals surface area (Å²) in [5, 5.41) is 0. The first-order chi connectivity index (χ1) is 6.65. The summed E-state index contributed by atoms with van der Waals surface area (Å²) in [6.45, 7) is 0. The molecule has 1 aliphatic heterocycles. The average molecular weight is 275 g/mol. The van der Waals surface area contributed by atoms with Crippen LogP contribution in [0, 0.1) is 0 Å². The number of halogens is 1. The number of carbonyl (C=O) groups is 2. The average Bonchev–Trinajstić information content (AvgIpc) is 2.50. The van der Waals surface area contributed by atoms with Gasteiger partial charge in [-0.2, -0.15) is 0 Å². The van der Waals surface area contributed by atoms with Crippen LogP contribution < -0.4 is 0 Å². The van der Waals surface area contributed by atoms with Crippen molar-refractivity contribution in [3.8, 4) is 0 Å². The predicted octanol–water partition coefficient (Wildman–Crippen LogP) is 2.46. The molecule has 1 aliphatic rings. The van der Waals surface area contributed by atoms with Crippen molar-refractivity contribution < 1.29 is 14.3 Å². The van der Waals surface area contributed by atoms with Gasteiger partial charge in [-0.15, -0.1) is 11.3 Å². The van der Waals surface area contributed by atoms with Crippen LogP contribution in [0.1, 0.15) is 23.6 Å². The molecule has 0 saturated carbocycles. The molecule has 1 aromatic rings. The third kappa shape index (κ3) is 2.04. The Hall–Kier alpha value is -0.680. The molecule has 0 atom stereocenters. The van der Waals surface area contributed by atoms with Crippen molar-refractivity contribution in [1.82, 2.24) is 0 Å². The molecule has 0 bridgehead atoms. The van der Waals surface area contributed by atoms with E-state index in [2.05, 4.69) is 20.7 Å². The summed E-state index contributed by atoms with van der Waals surface area (Å²) < 4.78 is 5.47. The Morgan fingerprint density at radius 2 is 1.93 bits per heavy atom. The Morgan fingerprint density at radius 3 is 2.43 bits per heavy atom. The van der Waals surface area contributed by atoms with Gasteiger partial charge in [-0.3, -0.25) is 9.59 Å². The standard InChI is InChI=1S/C9H7BrO3S/c10-7-2-1-6(14-7)5-3-8(11)13-9(12)4-5/h1-2,5H,3-4H2. The zero-order valence-corrected chi connectivity index (χ0v) is 9.56. The molecule has 3 nitrogen and oxygen atoms in total. The lowest BCUT2D eigenvalue weighted by Crippen LogP contribution is -2.23. The molecule has 0 N–H and O–H groups in total. The van der Waals surface area contributed by atoms with E-state index < -0.39 is 11.9 Å². The monoisotopic (exact) mass is 274 g/mol. The SMILES string of the molecule is O=C1CC(c2ccc(Br)s2)CC(=O)O1. The van der Waals surface area contributed by atoms with E-state index in [-0.39, 0.29) is 5.92 Å². The topological polar surface area (TPSA) is 43.4 Å². The highest BCUT2D eigenvalue weighted by molar-refractivity contribution is 9.11. The molecule has 0 aliphatic carbocycles. The third-order valence-corrected chi connectivity index (χ3v) is 3.84. The lowest BCUT2D eigenvalue weighted by molar-refractivity contribution is -0.163. The maximum absolute atomic E-state index is 11.0. The summed E-state index contributed by atoms with van der Waals surface area (Å²) in [5.41, 5.74) is 0. The minimum absolute atomic E-state index is 0.0000463. The quantitative estimate of drug-likeness (QED) is 0.584. The Morgan fingerprint density at radius 1 is 1.29 bits per heavy atom. The number of ether oxygens (including phenoxy) is 1. The number of esters is 2. The van der Waals surface area contributed by atoms with Crippen molar-refractivity contribution in [2.45, 2.75) is 18.8 Å². The number of hydrogen-bond acceptors (Lipinski definition) is 4. The highest BCUT2D eigenvalue weighted by Crippen LogP contribution is 2.34. The van der Waals surface area contributed by atoms with Crippen molar-refractivity contribution in [1.29, 1.82) is 0 Å². The summed E-state index contributed by atoms with van der Waals surface area (Å²) in [6.07, 6.45) is 0.609. The zero-order chi connectivity index (χ0) is 10.1. The van der Waals surface area contributed by atoms with E-state index in [4.69, 9.17) is 0 Å². The number of cyclic esters (lactones) is 2. The molecular formula is C9H7BrO3S. The fourth-order valence-electron chi connectivity index (χ4n) is 1.43. The van der Waals surface area contributed by atoms with Crippen molar-refractivity contribution >= 4 is 39.2 Å². The van der Waals surface area contributed by atoms with Gasteiger partial charge in [0.2, 0.25) is 0 Å². The minimum Gasteiger partial charge on any atom is -0.393 e. The first-order valence-corrected chi connectivity index (χ1v) is 5.75. The molecule has 0 radical (unpaired) electrons. The van der Waals surface area contributed by atoms with Crippen molar-refractivity contribution in [2.24, 2.45) is 0 Å². The lowest BCUT2D eigenvalue weighted by Gasteiger charge is -2.17. The highest BCUT2D eigenvalue weighted by Gasteiger charge is 2.29. The molecular weight excluding hydrogens is 268 g/mol. The van der Waals surface area contributed by atoms with Gasteiger partial charge in [-0.25, -0.2) is 0 Å². The fourth-order valence-corrected chi connectivity index (χ4v) is 2.96. The molecule has 74 valence electrons. The second-order valence-corrected chi connectivity index (χ2v) is 5.59. The van der Waals surface area contributed by atoms with Crippen LogP contribution in [0.4, 0.5) is 0 Å². The molecule has 14 heavy (non-hydrogen) atoms. The number of thiophene rings is 1. The Bertz CT molecular complexity index is 369. The van der Waals surface area contributed by atoms with Crippen molar-refractivity contribution in [3.05, 3.63) is 20.8 Å². The second-order valence-electron chi connectivity index (χ2n) is 3.09. The molecule has 2 rings (SSSR count). The maximum Gasteiger partial charge on any atom is 0.314 e. The van der Waals surface area contributed by atoms with Crippen LogP contribution in [-0.2, 0) is 14.3 Å². The number of rotatable bonds is 1. The molecule has 1 saturated heterocycles. The summed E-state index contributed by atoms with van der Waals surface area (Å²) in [5.74, 6) is -0.841. The fraction of sp³-hybridized carbons (Fsp3) is 0.333. The van der Waals surface area contributed by atoms with Crippen LogP contribution in [0.25, 0.3) is 0 Å². The minimum atomic E-state index is -0.421. The largest absolute Gasteiger partial charge is 0.393 e. The molecule has 1 aromatic heterocycles. The smallest absolute Gasteiger partial charge is 0.314 e. The van der Waals surface area contributed by atoms with Crippen LogP contribution in [0.3, 0.4) is 0 Å². The first-order valence-electron chi connectivity index (χ1n) is 4.14. The van der Waals surface area contributed by atoms with Gasteiger partial charge in [0, 0.05) is 10.8 Å². The first kappa shape index (κ1) is 9.86. The molecule has 2 heterocycles. The summed E-state index contributed by atoms with van der Waals surface area (Å²) in [7, 11) is 0. The van der Waals surface area contributed by atoms with E-state index in [9.17, 15) is 9.59 Å². The Kier molecular flexibility index (Phi) is 2.69. The number of hydrogen-bond donors (Lipinski definition) is 0. The van der Waals surface area contributed by atoms with Gasteiger partial charge in [0.25, 0.3) is 0 Å². The van der Waals surface area contributed by atoms with Gasteiger partial charge < -0.3 is 4.74 Å². The van der Waals surface area contributed by atoms with E-state index in [1.165, 1.54) is 0 Å². The predicted molar refractivity (Wildman–Crippen MR) is 55.1 cm³/mol. The summed E-state index contributed by atoms with van der Waals surface area (Å²) >= 11 is 4.90. The summed E-state index contributed by atoms with van der Waals surface area (Å²) in [4.78, 5) is 23.1. The number of carbonyl (C=O) groups excluding carboxylic acids is 2. The normalized spacial score (nSPS) is 18.4. The van der Waals surface area contributed by atoms with Gasteiger partial charge in [-0.05, 0) is 28.1 Å². The van der Waals surface area contributed by atoms with Crippen LogP contribution in [-0.4, -0.2) is 11.9 Å². The Labute approximate surface area is 93.2 Å². The van der Waals surface area contributed by atoms with E-state index in [1.807, 2.05) is 12.1 Å².